The molecule has 0 N–H and O–H groups in total. The second-order valence-electron chi connectivity index (χ2n) is 4.80. The number of hydrogen-bond acceptors (Lipinski definition) is 4. The summed E-state index contributed by atoms with van der Waals surface area (Å²) in [6.45, 7) is 0. The minimum Gasteiger partial charge on any atom is -0.453 e. The Balaban J connectivity index is 1.86. The van der Waals surface area contributed by atoms with Gasteiger partial charge in [-0.25, -0.2) is 4.39 Å². The van der Waals surface area contributed by atoms with Gasteiger partial charge < -0.3 is 4.42 Å². The van der Waals surface area contributed by atoms with Crippen LogP contribution in [0.25, 0.3) is 11.3 Å². The van der Waals surface area contributed by atoms with Crippen molar-refractivity contribution >= 4 is 11.5 Å². The standard InChI is InChI=1S/C17H10FNO4/c18-13-5-1-12(2-6-13)17(20)16-10-9-15(23-16)11-3-7-14(8-4-11)19(21)22/h1-10H. The number of rotatable bonds is 4. The lowest BCUT2D eigenvalue weighted by Gasteiger charge is -1.99. The summed E-state index contributed by atoms with van der Waals surface area (Å²) in [6.07, 6.45) is 0. The normalized spacial score (nSPS) is 10.5. The van der Waals surface area contributed by atoms with Crippen molar-refractivity contribution in [1.82, 2.24) is 0 Å². The lowest BCUT2D eigenvalue weighted by atomic mass is 10.1. The molecule has 3 rings (SSSR count). The number of benzene rings is 2. The van der Waals surface area contributed by atoms with Crippen LogP contribution in [0.15, 0.2) is 65.1 Å². The Labute approximate surface area is 130 Å². The molecule has 1 heterocycles. The molecule has 0 bridgehead atoms. The molecule has 3 aromatic rings. The van der Waals surface area contributed by atoms with Crippen molar-refractivity contribution in [2.24, 2.45) is 0 Å². The van der Waals surface area contributed by atoms with Crippen LogP contribution in [0.4, 0.5) is 10.1 Å². The lowest BCUT2D eigenvalue weighted by Crippen LogP contribution is -1.99. The topological polar surface area (TPSA) is 73.3 Å². The van der Waals surface area contributed by atoms with Gasteiger partial charge in [0.15, 0.2) is 5.76 Å². The molecule has 1 aromatic heterocycles. The Kier molecular flexibility index (Phi) is 3.72. The zero-order chi connectivity index (χ0) is 16.4. The second-order valence-corrected chi connectivity index (χ2v) is 4.80. The first-order valence-corrected chi connectivity index (χ1v) is 6.69. The summed E-state index contributed by atoms with van der Waals surface area (Å²) < 4.78 is 18.4. The monoisotopic (exact) mass is 311 g/mol. The van der Waals surface area contributed by atoms with Gasteiger partial charge in [0.1, 0.15) is 11.6 Å². The number of ketones is 1. The first-order chi connectivity index (χ1) is 11.0. The van der Waals surface area contributed by atoms with Crippen LogP contribution < -0.4 is 0 Å². The van der Waals surface area contributed by atoms with Gasteiger partial charge in [0.05, 0.1) is 4.92 Å². The third kappa shape index (κ3) is 3.01. The number of furan rings is 1. The van der Waals surface area contributed by atoms with Crippen molar-refractivity contribution in [3.8, 4) is 11.3 Å². The molecule has 0 amide bonds. The second kappa shape index (κ2) is 5.84. The molecule has 0 saturated heterocycles. The number of nitro benzene ring substituents is 1. The van der Waals surface area contributed by atoms with E-state index in [9.17, 15) is 19.3 Å². The van der Waals surface area contributed by atoms with Crippen molar-refractivity contribution < 1.29 is 18.5 Å². The molecule has 0 unspecified atom stereocenters. The Morgan fingerprint density at radius 1 is 0.957 bits per heavy atom. The maximum atomic E-state index is 12.9. The van der Waals surface area contributed by atoms with Crippen molar-refractivity contribution in [1.29, 1.82) is 0 Å². The van der Waals surface area contributed by atoms with Crippen LogP contribution in [0, 0.1) is 15.9 Å². The van der Waals surface area contributed by atoms with Crippen molar-refractivity contribution in [3.05, 3.63) is 87.9 Å². The van der Waals surface area contributed by atoms with Gasteiger partial charge in [-0.1, -0.05) is 0 Å². The van der Waals surface area contributed by atoms with Gasteiger partial charge in [-0.2, -0.15) is 0 Å². The fraction of sp³-hybridized carbons (Fsp3) is 0. The molecule has 2 aromatic carbocycles. The molecule has 0 aliphatic carbocycles. The third-order valence-corrected chi connectivity index (χ3v) is 3.30. The van der Waals surface area contributed by atoms with Crippen LogP contribution >= 0.6 is 0 Å². The highest BCUT2D eigenvalue weighted by Gasteiger charge is 2.15. The van der Waals surface area contributed by atoms with E-state index in [2.05, 4.69) is 0 Å². The van der Waals surface area contributed by atoms with Gasteiger partial charge >= 0.3 is 0 Å². The summed E-state index contributed by atoms with van der Waals surface area (Å²) in [5.74, 6) is -0.249. The number of nitro groups is 1. The van der Waals surface area contributed by atoms with Crippen molar-refractivity contribution in [2.75, 3.05) is 0 Å². The zero-order valence-corrected chi connectivity index (χ0v) is 11.7. The average molecular weight is 311 g/mol. The smallest absolute Gasteiger partial charge is 0.269 e. The van der Waals surface area contributed by atoms with E-state index in [4.69, 9.17) is 4.42 Å². The van der Waals surface area contributed by atoms with Crippen LogP contribution in [0.2, 0.25) is 0 Å². The number of non-ortho nitro benzene ring substituents is 1. The fourth-order valence-corrected chi connectivity index (χ4v) is 2.11. The van der Waals surface area contributed by atoms with E-state index in [0.717, 1.165) is 0 Å². The molecule has 0 spiro atoms. The van der Waals surface area contributed by atoms with Gasteiger partial charge in [-0.05, 0) is 48.5 Å². The minimum absolute atomic E-state index is 0.0251. The van der Waals surface area contributed by atoms with E-state index in [1.165, 1.54) is 42.5 Å². The van der Waals surface area contributed by atoms with Crippen LogP contribution in [0.5, 0.6) is 0 Å². The number of carbonyl (C=O) groups is 1. The molecule has 5 nitrogen and oxygen atoms in total. The summed E-state index contributed by atoms with van der Waals surface area (Å²) in [7, 11) is 0. The first-order valence-electron chi connectivity index (χ1n) is 6.69. The minimum atomic E-state index is -0.491. The van der Waals surface area contributed by atoms with Crippen molar-refractivity contribution in [3.63, 3.8) is 0 Å². The molecule has 23 heavy (non-hydrogen) atoms. The maximum Gasteiger partial charge on any atom is 0.269 e. The summed E-state index contributed by atoms with van der Waals surface area (Å²) in [4.78, 5) is 22.4. The first kappa shape index (κ1) is 14.6. The SMILES string of the molecule is O=C(c1ccc(F)cc1)c1ccc(-c2ccc([N+](=O)[O-])cc2)o1. The van der Waals surface area contributed by atoms with E-state index < -0.39 is 10.7 Å². The average Bonchev–Trinajstić information content (AvgIpc) is 3.05. The van der Waals surface area contributed by atoms with E-state index in [1.807, 2.05) is 0 Å². The molecule has 0 atom stereocenters. The molecule has 6 heteroatoms. The molecule has 0 radical (unpaired) electrons. The highest BCUT2D eigenvalue weighted by molar-refractivity contribution is 6.07. The fourth-order valence-electron chi connectivity index (χ4n) is 2.11. The quantitative estimate of drug-likeness (QED) is 0.410. The van der Waals surface area contributed by atoms with Gasteiger partial charge in [-0.3, -0.25) is 14.9 Å². The molecule has 0 saturated carbocycles. The van der Waals surface area contributed by atoms with E-state index in [-0.39, 0.29) is 17.2 Å². The van der Waals surface area contributed by atoms with E-state index in [0.29, 0.717) is 16.9 Å². The van der Waals surface area contributed by atoms with Crippen LogP contribution in [-0.4, -0.2) is 10.7 Å². The van der Waals surface area contributed by atoms with E-state index >= 15 is 0 Å². The van der Waals surface area contributed by atoms with Gasteiger partial charge in [0.2, 0.25) is 5.78 Å². The van der Waals surface area contributed by atoms with E-state index in [1.54, 1.807) is 18.2 Å². The highest BCUT2D eigenvalue weighted by Crippen LogP contribution is 2.25. The molecular weight excluding hydrogens is 301 g/mol. The molecule has 0 fully saturated rings. The summed E-state index contributed by atoms with van der Waals surface area (Å²) in [5, 5.41) is 10.6. The number of nitrogens with zero attached hydrogens (tertiary/aromatic N) is 1. The predicted octanol–water partition coefficient (Wildman–Crippen LogP) is 4.22. The largest absolute Gasteiger partial charge is 0.453 e. The number of hydrogen-bond donors (Lipinski definition) is 0. The summed E-state index contributed by atoms with van der Waals surface area (Å²) in [5.41, 5.74) is 0.910. The Morgan fingerprint density at radius 3 is 2.22 bits per heavy atom. The lowest BCUT2D eigenvalue weighted by molar-refractivity contribution is -0.384. The zero-order valence-electron chi connectivity index (χ0n) is 11.7. The maximum absolute atomic E-state index is 12.9. The third-order valence-electron chi connectivity index (χ3n) is 3.30. The molecule has 114 valence electrons. The predicted molar refractivity (Wildman–Crippen MR) is 80.6 cm³/mol. The molecule has 0 aliphatic heterocycles. The van der Waals surface area contributed by atoms with Crippen LogP contribution in [0.3, 0.4) is 0 Å². The van der Waals surface area contributed by atoms with Gasteiger partial charge in [0, 0.05) is 23.3 Å². The Morgan fingerprint density at radius 2 is 1.61 bits per heavy atom. The number of halogens is 1. The Hall–Kier alpha value is -3.28. The van der Waals surface area contributed by atoms with Gasteiger partial charge in [0.25, 0.3) is 5.69 Å². The Bertz CT molecular complexity index is 866. The summed E-state index contributed by atoms with van der Waals surface area (Å²) >= 11 is 0. The molecular formula is C17H10FNO4. The summed E-state index contributed by atoms with van der Waals surface area (Å²) in [6, 6.07) is 14.1. The van der Waals surface area contributed by atoms with Gasteiger partial charge in [-0.15, -0.1) is 0 Å². The number of carbonyl (C=O) groups excluding carboxylic acids is 1. The van der Waals surface area contributed by atoms with Crippen LogP contribution in [-0.2, 0) is 0 Å². The molecule has 0 aliphatic rings. The van der Waals surface area contributed by atoms with Crippen molar-refractivity contribution in [2.45, 2.75) is 0 Å². The highest BCUT2D eigenvalue weighted by atomic mass is 19.1. The van der Waals surface area contributed by atoms with Crippen LogP contribution in [0.1, 0.15) is 16.1 Å².